The van der Waals surface area contributed by atoms with Gasteiger partial charge in [-0.15, -0.1) is 0 Å². The molecule has 2 aromatic carbocycles. The zero-order valence-electron chi connectivity index (χ0n) is 20.4. The normalized spacial score (nSPS) is 17.6. The van der Waals surface area contributed by atoms with Crippen LogP contribution in [0.25, 0.3) is 5.57 Å². The molecule has 4 rings (SSSR count). The average molecular weight is 507 g/mol. The van der Waals surface area contributed by atoms with Crippen molar-refractivity contribution in [3.05, 3.63) is 53.6 Å². The molecule has 0 bridgehead atoms. The van der Waals surface area contributed by atoms with E-state index in [4.69, 9.17) is 18.9 Å². The third-order valence-electron chi connectivity index (χ3n) is 6.18. The maximum Gasteiger partial charge on any atom is 0.416 e. The first-order chi connectivity index (χ1) is 17.2. The summed E-state index contributed by atoms with van der Waals surface area (Å²) in [4.78, 5) is 15.2. The van der Waals surface area contributed by atoms with Crippen LogP contribution in [0.4, 0.5) is 24.5 Å². The summed E-state index contributed by atoms with van der Waals surface area (Å²) in [5, 5.41) is 2.86. The van der Waals surface area contributed by atoms with Crippen molar-refractivity contribution in [1.29, 1.82) is 0 Å². The molecule has 0 aromatic heterocycles. The molecular weight excluding hydrogens is 477 g/mol. The van der Waals surface area contributed by atoms with E-state index in [1.165, 1.54) is 26.4 Å². The Hall–Kier alpha value is -3.24. The highest BCUT2D eigenvalue weighted by molar-refractivity contribution is 6.05. The number of methoxy groups -OCH3 is 2. The van der Waals surface area contributed by atoms with Crippen LogP contribution in [0.5, 0.6) is 11.5 Å². The summed E-state index contributed by atoms with van der Waals surface area (Å²) < 4.78 is 62.4. The lowest BCUT2D eigenvalue weighted by atomic mass is 9.86. The fourth-order valence-corrected chi connectivity index (χ4v) is 4.63. The number of alkyl halides is 3. The van der Waals surface area contributed by atoms with E-state index in [1.807, 2.05) is 19.1 Å². The lowest BCUT2D eigenvalue weighted by molar-refractivity contribution is -0.138. The highest BCUT2D eigenvalue weighted by Gasteiger charge is 2.41. The molecule has 7 nitrogen and oxygen atoms in total. The summed E-state index contributed by atoms with van der Waals surface area (Å²) in [6, 6.07) is 8.67. The van der Waals surface area contributed by atoms with E-state index >= 15 is 0 Å². The molecule has 1 amide bonds. The fraction of sp³-hybridized carbons (Fsp3) is 0.423. The number of halogens is 3. The molecule has 36 heavy (non-hydrogen) atoms. The van der Waals surface area contributed by atoms with E-state index in [1.54, 1.807) is 6.07 Å². The van der Waals surface area contributed by atoms with Gasteiger partial charge in [0.05, 0.1) is 31.0 Å². The molecule has 10 heteroatoms. The molecule has 2 heterocycles. The van der Waals surface area contributed by atoms with E-state index < -0.39 is 23.2 Å². The molecule has 1 N–H and O–H groups in total. The van der Waals surface area contributed by atoms with Crippen molar-refractivity contribution in [2.75, 3.05) is 57.3 Å². The molecule has 0 atom stereocenters. The first-order valence-electron chi connectivity index (χ1n) is 11.6. The summed E-state index contributed by atoms with van der Waals surface area (Å²) in [5.41, 5.74) is 0.485. The molecule has 0 aliphatic carbocycles. The molecule has 0 radical (unpaired) electrons. The largest absolute Gasteiger partial charge is 0.490 e. The van der Waals surface area contributed by atoms with Crippen LogP contribution >= 0.6 is 0 Å². The summed E-state index contributed by atoms with van der Waals surface area (Å²) in [6.07, 6.45) is -2.94. The minimum absolute atomic E-state index is 0.0220. The predicted molar refractivity (Wildman–Crippen MR) is 130 cm³/mol. The Morgan fingerprint density at radius 2 is 1.89 bits per heavy atom. The zero-order valence-corrected chi connectivity index (χ0v) is 20.4. The smallest absolute Gasteiger partial charge is 0.416 e. The van der Waals surface area contributed by atoms with Gasteiger partial charge in [-0.1, -0.05) is 6.07 Å². The van der Waals surface area contributed by atoms with Crippen LogP contribution in [0.15, 0.2) is 42.5 Å². The maximum atomic E-state index is 13.4. The summed E-state index contributed by atoms with van der Waals surface area (Å²) in [7, 11) is 2.94. The number of likely N-dealkylation sites (N-methyl/N-ethyl adjacent to an activating group) is 1. The Labute approximate surface area is 207 Å². The number of nitrogens with one attached hydrogen (secondary N) is 1. The van der Waals surface area contributed by atoms with Gasteiger partial charge in [0.15, 0.2) is 5.60 Å². The quantitative estimate of drug-likeness (QED) is 0.547. The monoisotopic (exact) mass is 506 g/mol. The van der Waals surface area contributed by atoms with Gasteiger partial charge < -0.3 is 29.2 Å². The second kappa shape index (κ2) is 10.4. The van der Waals surface area contributed by atoms with Gasteiger partial charge in [0.1, 0.15) is 18.1 Å². The molecular formula is C26H29F3N2O5. The second-order valence-corrected chi connectivity index (χ2v) is 8.81. The fourth-order valence-electron chi connectivity index (χ4n) is 4.63. The van der Waals surface area contributed by atoms with Crippen molar-refractivity contribution in [1.82, 2.24) is 0 Å². The summed E-state index contributed by atoms with van der Waals surface area (Å²) >= 11 is 0. The number of carbonyl (C=O) groups excluding carboxylic acids is 1. The van der Waals surface area contributed by atoms with Gasteiger partial charge in [-0.05, 0) is 42.8 Å². The molecule has 0 saturated carbocycles. The van der Waals surface area contributed by atoms with Crippen LogP contribution in [0.2, 0.25) is 0 Å². The third kappa shape index (κ3) is 5.44. The van der Waals surface area contributed by atoms with Crippen LogP contribution in [-0.4, -0.2) is 58.6 Å². The van der Waals surface area contributed by atoms with Gasteiger partial charge in [-0.3, -0.25) is 4.79 Å². The minimum Gasteiger partial charge on any atom is -0.490 e. The van der Waals surface area contributed by atoms with Crippen molar-refractivity contribution >= 4 is 22.9 Å². The van der Waals surface area contributed by atoms with Crippen LogP contribution < -0.4 is 19.7 Å². The number of carbonyl (C=O) groups is 1. The van der Waals surface area contributed by atoms with Crippen LogP contribution in [-0.2, 0) is 20.4 Å². The molecule has 194 valence electrons. The molecule has 0 saturated heterocycles. The summed E-state index contributed by atoms with van der Waals surface area (Å²) in [6.45, 7) is 4.32. The van der Waals surface area contributed by atoms with E-state index in [0.29, 0.717) is 23.4 Å². The Morgan fingerprint density at radius 3 is 2.56 bits per heavy atom. The highest BCUT2D eigenvalue weighted by atomic mass is 19.4. The van der Waals surface area contributed by atoms with Gasteiger partial charge in [0, 0.05) is 44.5 Å². The molecule has 2 aliphatic heterocycles. The summed E-state index contributed by atoms with van der Waals surface area (Å²) in [5.74, 6) is 0.358. The number of rotatable bonds is 7. The number of anilines is 2. The number of amides is 1. The molecule has 2 aromatic rings. The maximum absolute atomic E-state index is 13.4. The highest BCUT2D eigenvalue weighted by Crippen LogP contribution is 2.44. The molecule has 0 spiro atoms. The lowest BCUT2D eigenvalue weighted by Crippen LogP contribution is -2.47. The Bertz CT molecular complexity index is 1140. The van der Waals surface area contributed by atoms with E-state index in [9.17, 15) is 18.0 Å². The number of hydrogen-bond acceptors (Lipinski definition) is 6. The van der Waals surface area contributed by atoms with Gasteiger partial charge in [-0.25, -0.2) is 0 Å². The van der Waals surface area contributed by atoms with Gasteiger partial charge in [0.2, 0.25) is 5.91 Å². The van der Waals surface area contributed by atoms with E-state index in [-0.39, 0.29) is 25.4 Å². The van der Waals surface area contributed by atoms with Crippen molar-refractivity contribution in [2.24, 2.45) is 0 Å². The van der Waals surface area contributed by atoms with Crippen molar-refractivity contribution in [3.8, 4) is 11.5 Å². The second-order valence-electron chi connectivity index (χ2n) is 8.81. The molecule has 0 unspecified atom stereocenters. The van der Waals surface area contributed by atoms with E-state index in [2.05, 4.69) is 10.2 Å². The van der Waals surface area contributed by atoms with Gasteiger partial charge in [-0.2, -0.15) is 13.2 Å². The first-order valence-corrected chi connectivity index (χ1v) is 11.6. The Morgan fingerprint density at radius 1 is 1.14 bits per heavy atom. The van der Waals surface area contributed by atoms with Crippen molar-refractivity contribution < 1.29 is 36.9 Å². The van der Waals surface area contributed by atoms with Crippen molar-refractivity contribution in [2.45, 2.75) is 25.1 Å². The standard InChI is InChI=1S/C26H29F3N2O5/c1-4-31-9-10-35-22-8-6-19(13-21(22)31)30-24(32)11-17-14-25(15-33-2,16-34-3)36-23-12-18(26(27,28)29)5-7-20(17)23/h5-8,11-13H,4,9-10,14-16H2,1-3H3,(H,30,32). The van der Waals surface area contributed by atoms with Crippen molar-refractivity contribution in [3.63, 3.8) is 0 Å². The van der Waals surface area contributed by atoms with Crippen LogP contribution in [0, 0.1) is 0 Å². The molecule has 2 aliphatic rings. The van der Waals surface area contributed by atoms with Crippen LogP contribution in [0.1, 0.15) is 24.5 Å². The van der Waals surface area contributed by atoms with Gasteiger partial charge >= 0.3 is 6.18 Å². The Balaban J connectivity index is 1.67. The zero-order chi connectivity index (χ0) is 25.9. The predicted octanol–water partition coefficient (Wildman–Crippen LogP) is 4.76. The Kier molecular flexibility index (Phi) is 7.46. The third-order valence-corrected chi connectivity index (χ3v) is 6.18. The SMILES string of the molecule is CCN1CCOc2ccc(NC(=O)C=C3CC(COC)(COC)Oc4cc(C(F)(F)F)ccc43)cc21. The first kappa shape index (κ1) is 25.8. The average Bonchev–Trinajstić information content (AvgIpc) is 2.83. The molecule has 0 fully saturated rings. The number of benzene rings is 2. The number of nitrogens with zero attached hydrogens (tertiary/aromatic N) is 1. The minimum atomic E-state index is -4.54. The number of ether oxygens (including phenoxy) is 4. The number of hydrogen-bond donors (Lipinski definition) is 1. The van der Waals surface area contributed by atoms with Gasteiger partial charge in [0.25, 0.3) is 0 Å². The van der Waals surface area contributed by atoms with E-state index in [0.717, 1.165) is 36.7 Å². The lowest BCUT2D eigenvalue weighted by Gasteiger charge is -2.39. The topological polar surface area (TPSA) is 69.3 Å². The number of fused-ring (bicyclic) bond motifs is 2. The van der Waals surface area contributed by atoms with Crippen LogP contribution in [0.3, 0.4) is 0 Å².